The number of aromatic nitrogens is 2. The van der Waals surface area contributed by atoms with Gasteiger partial charge >= 0.3 is 0 Å². The van der Waals surface area contributed by atoms with Gasteiger partial charge in [-0.15, -0.1) is 0 Å². The van der Waals surface area contributed by atoms with Gasteiger partial charge in [0.2, 0.25) is 11.9 Å². The van der Waals surface area contributed by atoms with Crippen LogP contribution in [0.3, 0.4) is 0 Å². The molecule has 1 amide bonds. The number of nitriles is 1. The van der Waals surface area contributed by atoms with Gasteiger partial charge in [0.1, 0.15) is 23.1 Å². The van der Waals surface area contributed by atoms with E-state index in [0.717, 1.165) is 75.7 Å². The zero-order valence-corrected chi connectivity index (χ0v) is 26.6. The maximum absolute atomic E-state index is 14.7. The van der Waals surface area contributed by atoms with Crippen LogP contribution in [0.2, 0.25) is 0 Å². The molecule has 1 aromatic heterocycles. The predicted molar refractivity (Wildman–Crippen MR) is 173 cm³/mol. The van der Waals surface area contributed by atoms with Crippen LogP contribution >= 0.6 is 0 Å². The number of rotatable bonds is 8. The molecule has 240 valence electrons. The van der Waals surface area contributed by atoms with Crippen molar-refractivity contribution >= 4 is 23.4 Å². The van der Waals surface area contributed by atoms with Gasteiger partial charge in [-0.2, -0.15) is 10.2 Å². The number of likely N-dealkylation sites (N-methyl/N-ethyl adjacent to an activating group) is 1. The lowest BCUT2D eigenvalue weighted by Crippen LogP contribution is -2.60. The minimum atomic E-state index is -0.385. The monoisotopic (exact) mass is 616 g/mol. The summed E-state index contributed by atoms with van der Waals surface area (Å²) >= 11 is 0. The number of piperidine rings is 1. The molecule has 4 heterocycles. The summed E-state index contributed by atoms with van der Waals surface area (Å²) in [5.41, 5.74) is 2.64. The summed E-state index contributed by atoms with van der Waals surface area (Å²) in [5.74, 6) is 1.17. The van der Waals surface area contributed by atoms with Crippen LogP contribution in [0.4, 0.5) is 21.8 Å². The Morgan fingerprint density at radius 2 is 1.87 bits per heavy atom. The standard InChI is InChI=1S/C34H45FN8O2/c1-4-30(45)43-19-18-41(21-24(43)11-15-36)32-26-10-12-34(13-16-40(17-14-34)31-27(35)8-7-9-29(31)44)20-28(26)37-33(38-32)42-22-25(23-42)39(5-2)6-3/h4,7-9,24-25,44H,1,5-6,10-14,16-23H2,2-3H3/t24-/m0/s1. The second-order valence-corrected chi connectivity index (χ2v) is 13.0. The van der Waals surface area contributed by atoms with Gasteiger partial charge in [0.05, 0.1) is 24.2 Å². The molecule has 0 unspecified atom stereocenters. The molecule has 1 atom stereocenters. The fourth-order valence-corrected chi connectivity index (χ4v) is 7.92. The van der Waals surface area contributed by atoms with E-state index in [-0.39, 0.29) is 35.4 Å². The molecule has 3 aliphatic heterocycles. The summed E-state index contributed by atoms with van der Waals surface area (Å²) in [5, 5.41) is 19.9. The van der Waals surface area contributed by atoms with Gasteiger partial charge in [0.15, 0.2) is 0 Å². The number of carbonyl (C=O) groups is 1. The highest BCUT2D eigenvalue weighted by Gasteiger charge is 2.42. The molecule has 1 aromatic carbocycles. The number of phenolic OH excluding ortho intramolecular Hbond substituents is 1. The molecule has 0 radical (unpaired) electrons. The Kier molecular flexibility index (Phi) is 8.87. The molecule has 3 saturated heterocycles. The Balaban J connectivity index is 1.27. The van der Waals surface area contributed by atoms with E-state index in [1.54, 1.807) is 11.0 Å². The van der Waals surface area contributed by atoms with E-state index >= 15 is 0 Å². The van der Waals surface area contributed by atoms with Gasteiger partial charge in [0.25, 0.3) is 0 Å². The van der Waals surface area contributed by atoms with E-state index in [2.05, 4.69) is 41.2 Å². The molecule has 45 heavy (non-hydrogen) atoms. The first-order valence-electron chi connectivity index (χ1n) is 16.5. The van der Waals surface area contributed by atoms with Crippen molar-refractivity contribution in [3.63, 3.8) is 0 Å². The van der Waals surface area contributed by atoms with Crippen molar-refractivity contribution < 1.29 is 14.3 Å². The van der Waals surface area contributed by atoms with Crippen molar-refractivity contribution in [2.75, 3.05) is 73.6 Å². The number of hydrogen-bond donors (Lipinski definition) is 1. The Morgan fingerprint density at radius 3 is 2.53 bits per heavy atom. The van der Waals surface area contributed by atoms with Gasteiger partial charge in [-0.1, -0.05) is 26.5 Å². The Morgan fingerprint density at radius 1 is 1.11 bits per heavy atom. The third-order valence-electron chi connectivity index (χ3n) is 10.7. The predicted octanol–water partition coefficient (Wildman–Crippen LogP) is 3.74. The lowest BCUT2D eigenvalue weighted by atomic mass is 9.67. The van der Waals surface area contributed by atoms with Crippen LogP contribution in [-0.2, 0) is 17.6 Å². The van der Waals surface area contributed by atoms with Crippen molar-refractivity contribution in [1.29, 1.82) is 5.26 Å². The topological polar surface area (TPSA) is 103 Å². The van der Waals surface area contributed by atoms with E-state index in [1.165, 1.54) is 23.8 Å². The molecule has 4 aliphatic rings. The maximum atomic E-state index is 14.7. The molecular weight excluding hydrogens is 571 g/mol. The summed E-state index contributed by atoms with van der Waals surface area (Å²) in [6.07, 6.45) is 6.07. The second kappa shape index (κ2) is 12.8. The first kappa shape index (κ1) is 31.1. The van der Waals surface area contributed by atoms with Gasteiger partial charge in [0, 0.05) is 57.4 Å². The smallest absolute Gasteiger partial charge is 0.246 e. The fourth-order valence-electron chi connectivity index (χ4n) is 7.92. The van der Waals surface area contributed by atoms with Gasteiger partial charge in [-0.25, -0.2) is 9.37 Å². The number of fused-ring (bicyclic) bond motifs is 1. The average molecular weight is 617 g/mol. The van der Waals surface area contributed by atoms with E-state index in [0.29, 0.717) is 44.5 Å². The van der Waals surface area contributed by atoms with Crippen molar-refractivity contribution in [3.05, 3.63) is 47.9 Å². The van der Waals surface area contributed by atoms with Crippen molar-refractivity contribution in [3.8, 4) is 11.8 Å². The molecule has 2 aromatic rings. The SMILES string of the molecule is C=CC(=O)N1CCN(c2nc(N3CC(N(CC)CC)C3)nc3c2CCC2(CCN(c4c(O)cccc4F)CC2)C3)C[C@@H]1CC#N. The van der Waals surface area contributed by atoms with Crippen molar-refractivity contribution in [2.45, 2.75) is 64.5 Å². The molecule has 3 fully saturated rings. The Bertz CT molecular complexity index is 1440. The number of hydrogen-bond acceptors (Lipinski definition) is 9. The van der Waals surface area contributed by atoms with Crippen LogP contribution in [-0.4, -0.2) is 102 Å². The molecule has 10 nitrogen and oxygen atoms in total. The first-order valence-corrected chi connectivity index (χ1v) is 16.5. The average Bonchev–Trinajstić information content (AvgIpc) is 3.02. The number of benzene rings is 1. The van der Waals surface area contributed by atoms with Crippen LogP contribution in [0, 0.1) is 22.6 Å². The highest BCUT2D eigenvalue weighted by atomic mass is 19.1. The number of carbonyl (C=O) groups excluding carboxylic acids is 1. The van der Waals surface area contributed by atoms with Gasteiger partial charge in [-0.3, -0.25) is 9.69 Å². The van der Waals surface area contributed by atoms with E-state index in [9.17, 15) is 19.6 Å². The molecule has 1 aliphatic carbocycles. The van der Waals surface area contributed by atoms with Crippen molar-refractivity contribution in [2.24, 2.45) is 5.41 Å². The van der Waals surface area contributed by atoms with E-state index in [1.807, 2.05) is 4.90 Å². The first-order chi connectivity index (χ1) is 21.8. The van der Waals surface area contributed by atoms with Crippen LogP contribution in [0.5, 0.6) is 5.75 Å². The molecule has 1 N–H and O–H groups in total. The number of para-hydroxylation sites is 1. The number of piperazine rings is 1. The summed E-state index contributed by atoms with van der Waals surface area (Å²) in [4.78, 5) is 33.8. The highest BCUT2D eigenvalue weighted by molar-refractivity contribution is 5.87. The minimum absolute atomic E-state index is 0.0101. The maximum Gasteiger partial charge on any atom is 0.246 e. The molecule has 6 rings (SSSR count). The Hall–Kier alpha value is -3.91. The lowest BCUT2D eigenvalue weighted by Gasteiger charge is -2.48. The minimum Gasteiger partial charge on any atom is -0.506 e. The highest BCUT2D eigenvalue weighted by Crippen LogP contribution is 2.47. The van der Waals surface area contributed by atoms with Crippen LogP contribution in [0.25, 0.3) is 0 Å². The van der Waals surface area contributed by atoms with Gasteiger partial charge < -0.3 is 24.7 Å². The molecular formula is C34H45FN8O2. The summed E-state index contributed by atoms with van der Waals surface area (Å²) in [6, 6.07) is 7.03. The van der Waals surface area contributed by atoms with Crippen LogP contribution in [0.1, 0.15) is 50.8 Å². The number of nitrogens with zero attached hydrogens (tertiary/aromatic N) is 8. The van der Waals surface area contributed by atoms with Crippen molar-refractivity contribution in [1.82, 2.24) is 19.8 Å². The largest absolute Gasteiger partial charge is 0.506 e. The summed E-state index contributed by atoms with van der Waals surface area (Å²) < 4.78 is 14.7. The number of phenols is 1. The zero-order valence-electron chi connectivity index (χ0n) is 26.6. The lowest BCUT2D eigenvalue weighted by molar-refractivity contribution is -0.128. The number of halogens is 1. The third kappa shape index (κ3) is 5.92. The number of amides is 1. The molecule has 0 saturated carbocycles. The number of aromatic hydroxyl groups is 1. The van der Waals surface area contributed by atoms with Gasteiger partial charge in [-0.05, 0) is 68.8 Å². The van der Waals surface area contributed by atoms with E-state index in [4.69, 9.17) is 9.97 Å². The zero-order chi connectivity index (χ0) is 31.7. The fraction of sp³-hybridized carbons (Fsp3) is 0.588. The van der Waals surface area contributed by atoms with E-state index < -0.39 is 0 Å². The van der Waals surface area contributed by atoms with Crippen LogP contribution in [0.15, 0.2) is 30.9 Å². The third-order valence-corrected chi connectivity index (χ3v) is 10.7. The summed E-state index contributed by atoms with van der Waals surface area (Å²) in [6.45, 7) is 15.0. The normalized spacial score (nSPS) is 21.4. The number of anilines is 3. The summed E-state index contributed by atoms with van der Waals surface area (Å²) in [7, 11) is 0. The quantitative estimate of drug-likeness (QED) is 0.445. The molecule has 1 spiro atoms. The Labute approximate surface area is 265 Å². The molecule has 11 heteroatoms. The second-order valence-electron chi connectivity index (χ2n) is 13.0. The molecule has 0 bridgehead atoms. The van der Waals surface area contributed by atoms with Crippen LogP contribution < -0.4 is 14.7 Å².